The first-order chi connectivity index (χ1) is 15.5. The number of aliphatic hydroxyl groups excluding tert-OH is 2. The van der Waals surface area contributed by atoms with E-state index in [1.54, 1.807) is 0 Å². The molecule has 6 heteroatoms. The summed E-state index contributed by atoms with van der Waals surface area (Å²) < 4.78 is 4.83. The minimum Gasteiger partial charge on any atom is -0.463 e. The number of alkyl halides is 1. The summed E-state index contributed by atoms with van der Waals surface area (Å²) in [5.74, 6) is -0.308. The molecule has 1 fully saturated rings. The summed E-state index contributed by atoms with van der Waals surface area (Å²) in [6.45, 7) is 2.03. The van der Waals surface area contributed by atoms with Gasteiger partial charge in [0.05, 0.1) is 12.7 Å². The number of ether oxygens (including phenoxy) is 1. The summed E-state index contributed by atoms with van der Waals surface area (Å²) in [4.78, 5) is 24.1. The number of benzene rings is 1. The second-order valence-corrected chi connectivity index (χ2v) is 9.11. The van der Waals surface area contributed by atoms with Crippen molar-refractivity contribution in [3.05, 3.63) is 47.5 Å². The van der Waals surface area contributed by atoms with Crippen molar-refractivity contribution in [3.8, 4) is 0 Å². The smallest absolute Gasteiger partial charge is 0.305 e. The molecule has 0 bridgehead atoms. The third-order valence-corrected chi connectivity index (χ3v) is 6.56. The van der Waals surface area contributed by atoms with Crippen molar-refractivity contribution >= 4 is 23.4 Å². The second-order valence-electron chi connectivity index (χ2n) is 8.55. The molecule has 2 rings (SSSR count). The molecule has 2 N–H and O–H groups in total. The number of hydrogen-bond donors (Lipinski definition) is 2. The molecular formula is C26H37ClO5. The van der Waals surface area contributed by atoms with Crippen LogP contribution in [-0.2, 0) is 14.3 Å². The molecule has 0 spiro atoms. The number of Topliss-reactive ketones (excluding diaryl/α,β-unsaturated/α-hetero) is 1. The Morgan fingerprint density at radius 3 is 2.66 bits per heavy atom. The number of allylic oxidation sites excluding steroid dienone is 2. The predicted octanol–water partition coefficient (Wildman–Crippen LogP) is 5.23. The van der Waals surface area contributed by atoms with Crippen molar-refractivity contribution in [1.82, 2.24) is 0 Å². The molecular weight excluding hydrogens is 428 g/mol. The van der Waals surface area contributed by atoms with Crippen LogP contribution in [-0.4, -0.2) is 40.6 Å². The summed E-state index contributed by atoms with van der Waals surface area (Å²) >= 11 is 6.52. The Balaban J connectivity index is 1.88. The van der Waals surface area contributed by atoms with E-state index in [9.17, 15) is 14.7 Å². The monoisotopic (exact) mass is 464 g/mol. The number of carbonyl (C=O) groups is 2. The first-order valence-electron chi connectivity index (χ1n) is 11.8. The van der Waals surface area contributed by atoms with Crippen molar-refractivity contribution in [2.24, 2.45) is 5.92 Å². The highest BCUT2D eigenvalue weighted by molar-refractivity contribution is 6.23. The largest absolute Gasteiger partial charge is 0.463 e. The van der Waals surface area contributed by atoms with Crippen LogP contribution in [0.4, 0.5) is 0 Å². The molecule has 0 aliphatic heterocycles. The van der Waals surface area contributed by atoms with Crippen molar-refractivity contribution in [1.29, 1.82) is 0 Å². The number of ketones is 1. The van der Waals surface area contributed by atoms with E-state index in [4.69, 9.17) is 21.4 Å². The van der Waals surface area contributed by atoms with E-state index in [2.05, 4.69) is 13.0 Å². The molecule has 0 amide bonds. The number of halogens is 1. The van der Waals surface area contributed by atoms with Crippen LogP contribution in [0.25, 0.3) is 0 Å². The van der Waals surface area contributed by atoms with E-state index in [0.717, 1.165) is 43.2 Å². The molecule has 32 heavy (non-hydrogen) atoms. The Kier molecular flexibility index (Phi) is 12.0. The zero-order valence-corrected chi connectivity index (χ0v) is 19.8. The Labute approximate surface area is 196 Å². The molecule has 1 aromatic carbocycles. The maximum Gasteiger partial charge on any atom is 0.305 e. The van der Waals surface area contributed by atoms with Gasteiger partial charge in [-0.05, 0) is 42.7 Å². The van der Waals surface area contributed by atoms with Gasteiger partial charge in [-0.25, -0.2) is 0 Å². The molecule has 4 atom stereocenters. The van der Waals surface area contributed by atoms with Crippen molar-refractivity contribution < 1.29 is 24.5 Å². The molecule has 0 heterocycles. The zero-order valence-electron chi connectivity index (χ0n) is 19.0. The molecule has 1 saturated carbocycles. The van der Waals surface area contributed by atoms with E-state index in [-0.39, 0.29) is 42.2 Å². The maximum atomic E-state index is 12.7. The lowest BCUT2D eigenvalue weighted by molar-refractivity contribution is -0.144. The fourth-order valence-corrected chi connectivity index (χ4v) is 4.68. The van der Waals surface area contributed by atoms with Gasteiger partial charge in [0.1, 0.15) is 12.4 Å². The van der Waals surface area contributed by atoms with Gasteiger partial charge in [0.25, 0.3) is 0 Å². The summed E-state index contributed by atoms with van der Waals surface area (Å²) in [6.07, 6.45) is 10.5. The third kappa shape index (κ3) is 8.34. The highest BCUT2D eigenvalue weighted by Gasteiger charge is 2.41. The molecule has 0 radical (unpaired) electrons. The van der Waals surface area contributed by atoms with Gasteiger partial charge >= 0.3 is 5.97 Å². The average molecular weight is 465 g/mol. The zero-order chi connectivity index (χ0) is 23.3. The number of hydrogen-bond acceptors (Lipinski definition) is 5. The molecule has 1 aromatic rings. The van der Waals surface area contributed by atoms with Crippen molar-refractivity contribution in [2.75, 3.05) is 13.2 Å². The van der Waals surface area contributed by atoms with Crippen LogP contribution in [0.2, 0.25) is 0 Å². The van der Waals surface area contributed by atoms with E-state index in [1.165, 1.54) is 0 Å². The lowest BCUT2D eigenvalue weighted by Gasteiger charge is -2.20. The van der Waals surface area contributed by atoms with Gasteiger partial charge in [-0.15, -0.1) is 11.6 Å². The first-order valence-corrected chi connectivity index (χ1v) is 12.3. The SMILES string of the molecule is CCCCCC(O)c1ccc([C@H]2C(=O)C[C@@H](Cl)[C@@H]2C/C=C\CCCC(=O)OCCO)cc1. The van der Waals surface area contributed by atoms with E-state index in [1.807, 2.05) is 30.3 Å². The van der Waals surface area contributed by atoms with Gasteiger partial charge in [-0.3, -0.25) is 9.59 Å². The van der Waals surface area contributed by atoms with Gasteiger partial charge in [-0.1, -0.05) is 62.6 Å². The van der Waals surface area contributed by atoms with Crippen LogP contribution in [0, 0.1) is 5.92 Å². The molecule has 0 saturated heterocycles. The lowest BCUT2D eigenvalue weighted by atomic mass is 9.85. The molecule has 1 aliphatic rings. The van der Waals surface area contributed by atoms with Crippen molar-refractivity contribution in [2.45, 2.75) is 82.1 Å². The van der Waals surface area contributed by atoms with Crippen LogP contribution in [0.5, 0.6) is 0 Å². The standard InChI is InChI=1S/C26H37ClO5/c1-2-3-6-10-23(29)19-12-14-20(15-13-19)26-21(22(27)18-24(26)30)9-7-4-5-8-11-25(31)32-17-16-28/h4,7,12-15,21-23,26,28-29H,2-3,5-6,8-11,16-18H2,1H3/b7-4-/t21-,22+,23?,26+/m0/s1. The first kappa shape index (κ1) is 26.6. The van der Waals surface area contributed by atoms with E-state index in [0.29, 0.717) is 25.7 Å². The second kappa shape index (κ2) is 14.5. The summed E-state index contributed by atoms with van der Waals surface area (Å²) in [5, 5.41) is 18.8. The Morgan fingerprint density at radius 2 is 1.97 bits per heavy atom. The topological polar surface area (TPSA) is 83.8 Å². The molecule has 5 nitrogen and oxygen atoms in total. The molecule has 178 valence electrons. The third-order valence-electron chi connectivity index (χ3n) is 6.08. The number of carbonyl (C=O) groups excluding carboxylic acids is 2. The molecule has 1 aliphatic carbocycles. The maximum absolute atomic E-state index is 12.7. The number of aliphatic hydroxyl groups is 2. The minimum absolute atomic E-state index is 0.0373. The van der Waals surface area contributed by atoms with Crippen LogP contribution >= 0.6 is 11.6 Å². The van der Waals surface area contributed by atoms with E-state index < -0.39 is 6.10 Å². The van der Waals surface area contributed by atoms with E-state index >= 15 is 0 Å². The fourth-order valence-electron chi connectivity index (χ4n) is 4.28. The van der Waals surface area contributed by atoms with Gasteiger partial charge in [0.2, 0.25) is 0 Å². The summed E-state index contributed by atoms with van der Waals surface area (Å²) in [5.41, 5.74) is 1.86. The Morgan fingerprint density at radius 1 is 1.22 bits per heavy atom. The normalized spacial score (nSPS) is 21.9. The number of esters is 1. The van der Waals surface area contributed by atoms with Crippen LogP contribution in [0.3, 0.4) is 0 Å². The predicted molar refractivity (Wildman–Crippen MR) is 127 cm³/mol. The van der Waals surface area contributed by atoms with Gasteiger partial charge < -0.3 is 14.9 Å². The van der Waals surface area contributed by atoms with Crippen molar-refractivity contribution in [3.63, 3.8) is 0 Å². The van der Waals surface area contributed by atoms with Crippen LogP contribution < -0.4 is 0 Å². The highest BCUT2D eigenvalue weighted by Crippen LogP contribution is 2.42. The minimum atomic E-state index is -0.463. The van der Waals surface area contributed by atoms with Crippen LogP contribution in [0.1, 0.15) is 87.9 Å². The van der Waals surface area contributed by atoms with Gasteiger partial charge in [0, 0.05) is 24.1 Å². The highest BCUT2D eigenvalue weighted by atomic mass is 35.5. The number of unbranched alkanes of at least 4 members (excludes halogenated alkanes) is 3. The van der Waals surface area contributed by atoms with Gasteiger partial charge in [0.15, 0.2) is 0 Å². The molecule has 1 unspecified atom stereocenters. The molecule has 0 aromatic heterocycles. The lowest BCUT2D eigenvalue weighted by Crippen LogP contribution is -2.16. The Hall–Kier alpha value is -1.69. The quantitative estimate of drug-likeness (QED) is 0.170. The van der Waals surface area contributed by atoms with Crippen LogP contribution in [0.15, 0.2) is 36.4 Å². The fraction of sp³-hybridized carbons (Fsp3) is 0.615. The average Bonchev–Trinajstić information content (AvgIpc) is 3.07. The number of rotatable bonds is 14. The van der Waals surface area contributed by atoms with Gasteiger partial charge in [-0.2, -0.15) is 0 Å². The summed E-state index contributed by atoms with van der Waals surface area (Å²) in [6, 6.07) is 7.79. The Bertz CT molecular complexity index is 730. The summed E-state index contributed by atoms with van der Waals surface area (Å²) in [7, 11) is 0.